The maximum Gasteiger partial charge on any atom is 0.0899 e. The van der Waals surface area contributed by atoms with Crippen LogP contribution in [0.5, 0.6) is 0 Å². The van der Waals surface area contributed by atoms with Crippen molar-refractivity contribution in [1.29, 1.82) is 0 Å². The lowest BCUT2D eigenvalue weighted by Gasteiger charge is -2.35. The van der Waals surface area contributed by atoms with Crippen LogP contribution >= 0.6 is 0 Å². The van der Waals surface area contributed by atoms with Crippen LogP contribution in [0.2, 0.25) is 0 Å². The van der Waals surface area contributed by atoms with Gasteiger partial charge in [-0.15, -0.1) is 0 Å². The molecule has 1 aliphatic rings. The fourth-order valence-electron chi connectivity index (χ4n) is 4.64. The van der Waals surface area contributed by atoms with Crippen molar-refractivity contribution in [3.8, 4) is 0 Å². The predicted molar refractivity (Wildman–Crippen MR) is 106 cm³/mol. The second-order valence-corrected chi connectivity index (χ2v) is 7.39. The Morgan fingerprint density at radius 1 is 0.778 bits per heavy atom. The zero-order valence-electron chi connectivity index (χ0n) is 14.9. The average molecular weight is 352 g/mol. The van der Waals surface area contributed by atoms with Gasteiger partial charge in [0.15, 0.2) is 0 Å². The molecule has 4 aromatic rings. The lowest BCUT2D eigenvalue weighted by atomic mass is 9.70. The highest BCUT2D eigenvalue weighted by Gasteiger charge is 2.47. The molecule has 2 heterocycles. The number of pyridine rings is 2. The van der Waals surface area contributed by atoms with Gasteiger partial charge in [0, 0.05) is 30.2 Å². The van der Waals surface area contributed by atoms with Crippen molar-refractivity contribution in [2.24, 2.45) is 0 Å². The summed E-state index contributed by atoms with van der Waals surface area (Å²) in [5, 5.41) is 13.9. The zero-order chi connectivity index (χ0) is 18.3. The normalized spacial score (nSPS) is 17.3. The fourth-order valence-corrected chi connectivity index (χ4v) is 4.64. The van der Waals surface area contributed by atoms with Gasteiger partial charge in [-0.3, -0.25) is 9.97 Å². The highest BCUT2D eigenvalue weighted by Crippen LogP contribution is 2.52. The van der Waals surface area contributed by atoms with Crippen LogP contribution in [0.4, 0.5) is 0 Å². The molecular formula is C24H20N2O. The van der Waals surface area contributed by atoms with Crippen LogP contribution in [0.25, 0.3) is 10.8 Å². The van der Waals surface area contributed by atoms with Gasteiger partial charge in [-0.25, -0.2) is 0 Å². The van der Waals surface area contributed by atoms with Crippen LogP contribution in [-0.2, 0) is 18.3 Å². The van der Waals surface area contributed by atoms with E-state index in [1.54, 1.807) is 12.4 Å². The van der Waals surface area contributed by atoms with Gasteiger partial charge in [0.25, 0.3) is 0 Å². The van der Waals surface area contributed by atoms with E-state index < -0.39 is 11.5 Å². The summed E-state index contributed by atoms with van der Waals surface area (Å²) < 4.78 is 0. The lowest BCUT2D eigenvalue weighted by Crippen LogP contribution is -2.35. The fraction of sp³-hybridized carbons (Fsp3) is 0.167. The first-order valence-electron chi connectivity index (χ1n) is 9.26. The van der Waals surface area contributed by atoms with Gasteiger partial charge in [0.1, 0.15) is 0 Å². The standard InChI is InChI=1S/C24H20N2O/c27-23-20-9-1-7-19-8-2-10-21(22(19)20)24(23,13-17-5-3-11-25-15-17)14-18-6-4-12-26-16-18/h1-12,15-16,23,27H,13-14H2/t23-/m1/s1. The van der Waals surface area contributed by atoms with Crippen molar-refractivity contribution in [2.75, 3.05) is 0 Å². The van der Waals surface area contributed by atoms with Crippen LogP contribution in [0.3, 0.4) is 0 Å². The van der Waals surface area contributed by atoms with Crippen molar-refractivity contribution in [2.45, 2.75) is 24.4 Å². The summed E-state index contributed by atoms with van der Waals surface area (Å²) in [6, 6.07) is 20.7. The van der Waals surface area contributed by atoms with Crippen LogP contribution in [0.15, 0.2) is 85.5 Å². The molecule has 0 fully saturated rings. The Kier molecular flexibility index (Phi) is 3.76. The number of hydrogen-bond acceptors (Lipinski definition) is 3. The molecule has 0 aliphatic heterocycles. The van der Waals surface area contributed by atoms with Crippen LogP contribution in [0, 0.1) is 0 Å². The minimum Gasteiger partial charge on any atom is -0.387 e. The van der Waals surface area contributed by atoms with Gasteiger partial charge in [-0.2, -0.15) is 0 Å². The third kappa shape index (κ3) is 2.54. The second-order valence-electron chi connectivity index (χ2n) is 7.39. The first-order valence-corrected chi connectivity index (χ1v) is 9.26. The molecule has 1 N–H and O–H groups in total. The highest BCUT2D eigenvalue weighted by molar-refractivity contribution is 5.93. The van der Waals surface area contributed by atoms with Crippen molar-refractivity contribution in [3.05, 3.63) is 108 Å². The molecule has 0 saturated carbocycles. The Morgan fingerprint density at radius 3 is 2.00 bits per heavy atom. The van der Waals surface area contributed by atoms with Gasteiger partial charge in [-0.1, -0.05) is 48.5 Å². The summed E-state index contributed by atoms with van der Waals surface area (Å²) in [5.41, 5.74) is 4.07. The third-order valence-corrected chi connectivity index (χ3v) is 5.78. The van der Waals surface area contributed by atoms with E-state index in [1.165, 1.54) is 16.3 Å². The predicted octanol–water partition coefficient (Wildman–Crippen LogP) is 4.40. The van der Waals surface area contributed by atoms with E-state index in [4.69, 9.17) is 0 Å². The molecule has 0 radical (unpaired) electrons. The number of rotatable bonds is 4. The van der Waals surface area contributed by atoms with E-state index in [0.717, 1.165) is 29.5 Å². The molecule has 2 aromatic carbocycles. The molecule has 1 atom stereocenters. The van der Waals surface area contributed by atoms with Crippen LogP contribution in [-0.4, -0.2) is 15.1 Å². The first-order chi connectivity index (χ1) is 13.3. The number of aliphatic hydroxyl groups is 1. The summed E-state index contributed by atoms with van der Waals surface area (Å²) in [4.78, 5) is 8.59. The zero-order valence-corrected chi connectivity index (χ0v) is 14.9. The molecule has 0 spiro atoms. The van der Waals surface area contributed by atoms with Crippen molar-refractivity contribution in [1.82, 2.24) is 9.97 Å². The Labute approximate surface area is 158 Å². The van der Waals surface area contributed by atoms with E-state index in [1.807, 2.05) is 30.6 Å². The number of benzene rings is 2. The summed E-state index contributed by atoms with van der Waals surface area (Å²) in [5.74, 6) is 0. The molecular weight excluding hydrogens is 332 g/mol. The Morgan fingerprint density at radius 2 is 1.41 bits per heavy atom. The highest BCUT2D eigenvalue weighted by atomic mass is 16.3. The number of aromatic nitrogens is 2. The Bertz CT molecular complexity index is 1050. The third-order valence-electron chi connectivity index (χ3n) is 5.78. The van der Waals surface area contributed by atoms with Crippen molar-refractivity contribution < 1.29 is 5.11 Å². The molecule has 3 nitrogen and oxygen atoms in total. The van der Waals surface area contributed by atoms with Gasteiger partial charge < -0.3 is 5.11 Å². The quantitative estimate of drug-likeness (QED) is 0.592. The summed E-state index contributed by atoms with van der Waals surface area (Å²) in [6.07, 6.45) is 8.27. The number of aliphatic hydroxyl groups excluding tert-OH is 1. The monoisotopic (exact) mass is 352 g/mol. The molecule has 27 heavy (non-hydrogen) atoms. The van der Waals surface area contributed by atoms with Crippen molar-refractivity contribution >= 4 is 10.8 Å². The van der Waals surface area contributed by atoms with Gasteiger partial charge in [-0.05, 0) is 58.0 Å². The van der Waals surface area contributed by atoms with Gasteiger partial charge in [0.05, 0.1) is 6.10 Å². The summed E-state index contributed by atoms with van der Waals surface area (Å²) in [7, 11) is 0. The average Bonchev–Trinajstić information content (AvgIpc) is 2.95. The molecule has 0 saturated heterocycles. The van der Waals surface area contributed by atoms with Crippen LogP contribution < -0.4 is 0 Å². The van der Waals surface area contributed by atoms with E-state index in [0.29, 0.717) is 0 Å². The molecule has 5 rings (SSSR count). The van der Waals surface area contributed by atoms with Crippen LogP contribution in [0.1, 0.15) is 28.4 Å². The van der Waals surface area contributed by atoms with E-state index in [2.05, 4.69) is 52.4 Å². The molecule has 0 unspecified atom stereocenters. The lowest BCUT2D eigenvalue weighted by molar-refractivity contribution is 0.0871. The van der Waals surface area contributed by atoms with Crippen molar-refractivity contribution in [3.63, 3.8) is 0 Å². The van der Waals surface area contributed by atoms with E-state index >= 15 is 0 Å². The first kappa shape index (κ1) is 16.2. The van der Waals surface area contributed by atoms with Gasteiger partial charge >= 0.3 is 0 Å². The maximum absolute atomic E-state index is 11.6. The molecule has 2 aromatic heterocycles. The molecule has 132 valence electrons. The van der Waals surface area contributed by atoms with Gasteiger partial charge in [0.2, 0.25) is 0 Å². The molecule has 3 heteroatoms. The second kappa shape index (κ2) is 6.29. The SMILES string of the molecule is O[C@@H]1c2cccc3cccc(c23)C1(Cc1cccnc1)Cc1cccnc1. The smallest absolute Gasteiger partial charge is 0.0899 e. The maximum atomic E-state index is 11.6. The number of hydrogen-bond donors (Lipinski definition) is 1. The summed E-state index contributed by atoms with van der Waals surface area (Å²) in [6.45, 7) is 0. The Hall–Kier alpha value is -3.04. The largest absolute Gasteiger partial charge is 0.387 e. The Balaban J connectivity index is 1.72. The molecule has 1 aliphatic carbocycles. The molecule has 0 amide bonds. The summed E-state index contributed by atoms with van der Waals surface area (Å²) >= 11 is 0. The topological polar surface area (TPSA) is 46.0 Å². The minimum absolute atomic E-state index is 0.435. The van der Waals surface area contributed by atoms with E-state index in [9.17, 15) is 5.11 Å². The molecule has 0 bridgehead atoms. The minimum atomic E-state index is -0.570. The number of nitrogens with zero attached hydrogens (tertiary/aromatic N) is 2. The van der Waals surface area contributed by atoms with E-state index in [-0.39, 0.29) is 0 Å².